The van der Waals surface area contributed by atoms with E-state index in [-0.39, 0.29) is 11.7 Å². The van der Waals surface area contributed by atoms with Gasteiger partial charge >= 0.3 is 5.69 Å². The summed E-state index contributed by atoms with van der Waals surface area (Å²) in [5, 5.41) is 3.53. The van der Waals surface area contributed by atoms with Gasteiger partial charge in [0, 0.05) is 37.7 Å². The number of anilines is 1. The van der Waals surface area contributed by atoms with E-state index in [1.807, 2.05) is 48.0 Å². The summed E-state index contributed by atoms with van der Waals surface area (Å²) in [5.41, 5.74) is 3.48. The molecule has 1 N–H and O–H groups in total. The third kappa shape index (κ3) is 4.74. The number of ether oxygens (including phenoxy) is 1. The van der Waals surface area contributed by atoms with Crippen molar-refractivity contribution >= 4 is 5.95 Å². The highest BCUT2D eigenvalue weighted by molar-refractivity contribution is 5.59. The van der Waals surface area contributed by atoms with Crippen molar-refractivity contribution in [1.29, 1.82) is 0 Å². The van der Waals surface area contributed by atoms with Crippen LogP contribution in [0.2, 0.25) is 0 Å². The Morgan fingerprint density at radius 1 is 1.06 bits per heavy atom. The second kappa shape index (κ2) is 9.51. The Morgan fingerprint density at radius 2 is 1.85 bits per heavy atom. The molecule has 7 nitrogen and oxygen atoms in total. The minimum absolute atomic E-state index is 0.0307. The minimum atomic E-state index is -0.0307. The summed E-state index contributed by atoms with van der Waals surface area (Å²) in [4.78, 5) is 23.0. The molecular weight excluding hydrogens is 414 g/mol. The van der Waals surface area contributed by atoms with E-state index in [9.17, 15) is 4.79 Å². The molecule has 3 heterocycles. The van der Waals surface area contributed by atoms with Gasteiger partial charge in [0.1, 0.15) is 0 Å². The molecule has 174 valence electrons. The molecule has 7 heteroatoms. The van der Waals surface area contributed by atoms with Crippen LogP contribution in [0.25, 0.3) is 17.1 Å². The van der Waals surface area contributed by atoms with Gasteiger partial charge in [-0.25, -0.2) is 14.8 Å². The summed E-state index contributed by atoms with van der Waals surface area (Å²) < 4.78 is 9.19. The van der Waals surface area contributed by atoms with Crippen LogP contribution in [-0.4, -0.2) is 38.4 Å². The lowest BCUT2D eigenvalue weighted by Gasteiger charge is -2.26. The molecule has 0 unspecified atom stereocenters. The molecule has 0 atom stereocenters. The van der Waals surface area contributed by atoms with E-state index in [1.165, 1.54) is 12.8 Å². The monoisotopic (exact) mass is 447 g/mol. The van der Waals surface area contributed by atoms with Crippen LogP contribution in [-0.2, 0) is 4.74 Å². The summed E-state index contributed by atoms with van der Waals surface area (Å²) in [7, 11) is 0. The van der Waals surface area contributed by atoms with E-state index >= 15 is 0 Å². The highest BCUT2D eigenvalue weighted by Gasteiger charge is 2.24. The van der Waals surface area contributed by atoms with Crippen LogP contribution in [0.3, 0.4) is 0 Å². The lowest BCUT2D eigenvalue weighted by molar-refractivity contribution is 0.0686. The van der Waals surface area contributed by atoms with E-state index in [0.717, 1.165) is 54.2 Å². The predicted octanol–water partition coefficient (Wildman–Crippen LogP) is 4.75. The van der Waals surface area contributed by atoms with Crippen molar-refractivity contribution in [3.63, 3.8) is 0 Å². The van der Waals surface area contributed by atoms with Gasteiger partial charge < -0.3 is 10.1 Å². The van der Waals surface area contributed by atoms with Gasteiger partial charge in [-0.15, -0.1) is 0 Å². The molecule has 0 amide bonds. The first-order valence-corrected chi connectivity index (χ1v) is 12.2. The number of benzene rings is 1. The van der Waals surface area contributed by atoms with Crippen molar-refractivity contribution < 1.29 is 4.74 Å². The van der Waals surface area contributed by atoms with Crippen molar-refractivity contribution in [2.75, 3.05) is 18.5 Å². The Hall–Kier alpha value is -2.93. The molecule has 3 aromatic rings. The minimum Gasteiger partial charge on any atom is -0.381 e. The molecule has 1 aliphatic heterocycles. The molecule has 1 saturated heterocycles. The number of aryl methyl sites for hydroxylation is 1. The fraction of sp³-hybridized carbons (Fsp3) is 0.500. The van der Waals surface area contributed by atoms with Crippen molar-refractivity contribution in [3.05, 3.63) is 58.8 Å². The molecule has 0 spiro atoms. The zero-order chi connectivity index (χ0) is 22.8. The average Bonchev–Trinajstić information content (AvgIpc) is 3.18. The number of rotatable bonds is 5. The summed E-state index contributed by atoms with van der Waals surface area (Å²) in [6, 6.07) is 10.5. The second-order valence-electron chi connectivity index (χ2n) is 9.59. The lowest BCUT2D eigenvalue weighted by Crippen LogP contribution is -2.30. The first-order valence-electron chi connectivity index (χ1n) is 12.2. The molecule has 2 aromatic heterocycles. The largest absolute Gasteiger partial charge is 0.381 e. The summed E-state index contributed by atoms with van der Waals surface area (Å²) in [5.74, 6) is 1.43. The van der Waals surface area contributed by atoms with E-state index in [2.05, 4.69) is 17.2 Å². The Kier molecular flexibility index (Phi) is 6.31. The Bertz CT molecular complexity index is 1150. The van der Waals surface area contributed by atoms with Gasteiger partial charge in [0.25, 0.3) is 0 Å². The van der Waals surface area contributed by atoms with Gasteiger partial charge in [0.2, 0.25) is 5.95 Å². The van der Waals surface area contributed by atoms with Gasteiger partial charge in [0.05, 0.1) is 17.1 Å². The van der Waals surface area contributed by atoms with Crippen LogP contribution in [0, 0.1) is 12.8 Å². The number of imidazole rings is 1. The van der Waals surface area contributed by atoms with E-state index in [0.29, 0.717) is 25.2 Å². The van der Waals surface area contributed by atoms with Crippen molar-refractivity contribution in [2.24, 2.45) is 5.92 Å². The van der Waals surface area contributed by atoms with Crippen molar-refractivity contribution in [3.8, 4) is 17.1 Å². The first-order chi connectivity index (χ1) is 16.1. The Morgan fingerprint density at radius 3 is 2.61 bits per heavy atom. The lowest BCUT2D eigenvalue weighted by atomic mass is 9.87. The normalized spacial score (nSPS) is 21.8. The zero-order valence-electron chi connectivity index (χ0n) is 19.5. The number of aromatic nitrogens is 4. The van der Waals surface area contributed by atoms with Gasteiger partial charge in [-0.3, -0.25) is 9.13 Å². The van der Waals surface area contributed by atoms with Crippen LogP contribution in [0.5, 0.6) is 0 Å². The molecule has 1 aromatic carbocycles. The second-order valence-corrected chi connectivity index (χ2v) is 9.59. The quantitative estimate of drug-likeness (QED) is 0.611. The van der Waals surface area contributed by atoms with Crippen LogP contribution < -0.4 is 11.0 Å². The maximum absolute atomic E-state index is 13.6. The van der Waals surface area contributed by atoms with Crippen molar-refractivity contribution in [2.45, 2.75) is 64.5 Å². The van der Waals surface area contributed by atoms with Crippen LogP contribution in [0.4, 0.5) is 5.95 Å². The fourth-order valence-corrected chi connectivity index (χ4v) is 5.04. The van der Waals surface area contributed by atoms with E-state index < -0.39 is 0 Å². The maximum Gasteiger partial charge on any atom is 0.333 e. The van der Waals surface area contributed by atoms with Crippen molar-refractivity contribution in [1.82, 2.24) is 19.1 Å². The number of nitrogens with one attached hydrogen (secondary N) is 1. The zero-order valence-corrected chi connectivity index (χ0v) is 19.5. The molecule has 0 radical (unpaired) electrons. The number of hydrogen-bond donors (Lipinski definition) is 1. The molecule has 1 saturated carbocycles. The first kappa shape index (κ1) is 21.9. The SMILES string of the molecule is Cc1cccc(-n2c(-c3ccnc(N[C@H]4CC[C@H](C)CC4)n3)cn(C3CCOCC3)c2=O)c1. The Labute approximate surface area is 194 Å². The highest BCUT2D eigenvalue weighted by Crippen LogP contribution is 2.28. The molecular formula is C26H33N5O2. The number of nitrogens with zero attached hydrogens (tertiary/aromatic N) is 4. The molecule has 0 bridgehead atoms. The highest BCUT2D eigenvalue weighted by atomic mass is 16.5. The van der Waals surface area contributed by atoms with Gasteiger partial charge in [-0.1, -0.05) is 19.1 Å². The van der Waals surface area contributed by atoms with Crippen LogP contribution in [0.1, 0.15) is 57.1 Å². The topological polar surface area (TPSA) is 74.0 Å². The third-order valence-electron chi connectivity index (χ3n) is 7.03. The smallest absolute Gasteiger partial charge is 0.333 e. The molecule has 2 fully saturated rings. The fourth-order valence-electron chi connectivity index (χ4n) is 5.04. The number of hydrogen-bond acceptors (Lipinski definition) is 5. The molecule has 1 aliphatic carbocycles. The van der Waals surface area contributed by atoms with Gasteiger partial charge in [-0.2, -0.15) is 0 Å². The molecule has 33 heavy (non-hydrogen) atoms. The summed E-state index contributed by atoms with van der Waals surface area (Å²) in [6.07, 6.45) is 10.2. The third-order valence-corrected chi connectivity index (χ3v) is 7.03. The average molecular weight is 448 g/mol. The maximum atomic E-state index is 13.6. The van der Waals surface area contributed by atoms with Crippen LogP contribution in [0.15, 0.2) is 47.5 Å². The molecule has 2 aliphatic rings. The van der Waals surface area contributed by atoms with E-state index in [1.54, 1.807) is 10.8 Å². The Balaban J connectivity index is 1.53. The predicted molar refractivity (Wildman–Crippen MR) is 130 cm³/mol. The molecule has 5 rings (SSSR count). The van der Waals surface area contributed by atoms with E-state index in [4.69, 9.17) is 9.72 Å². The standard InChI is InChI=1S/C26H33N5O2/c1-18-6-8-20(9-7-18)28-25-27-13-10-23(29-25)24-17-30(21-11-14-33-15-12-21)26(32)31(24)22-5-3-4-19(2)16-22/h3-5,10,13,16-18,20-21H,6-9,11-12,14-15H2,1-2H3,(H,27,28,29)/t18-,20-. The summed E-state index contributed by atoms with van der Waals surface area (Å²) in [6.45, 7) is 5.73. The summed E-state index contributed by atoms with van der Waals surface area (Å²) >= 11 is 0. The van der Waals surface area contributed by atoms with Crippen LogP contribution >= 0.6 is 0 Å². The van der Waals surface area contributed by atoms with Gasteiger partial charge in [0.15, 0.2) is 0 Å². The van der Waals surface area contributed by atoms with Gasteiger partial charge in [-0.05, 0) is 75.1 Å².